The second-order valence-electron chi connectivity index (χ2n) is 4.72. The zero-order valence-corrected chi connectivity index (χ0v) is 12.0. The molecule has 0 spiro atoms. The number of furan rings is 1. The molecule has 0 saturated heterocycles. The molecule has 0 N–H and O–H groups in total. The summed E-state index contributed by atoms with van der Waals surface area (Å²) in [5.74, 6) is 2.78. The van der Waals surface area contributed by atoms with E-state index in [1.54, 1.807) is 7.11 Å². The number of ether oxygens (including phenoxy) is 1. The van der Waals surface area contributed by atoms with Gasteiger partial charge in [-0.25, -0.2) is 0 Å². The predicted octanol–water partition coefficient (Wildman–Crippen LogP) is 4.86. The Morgan fingerprint density at radius 2 is 1.89 bits per heavy atom. The average molecular weight is 256 g/mol. The highest BCUT2D eigenvalue weighted by molar-refractivity contribution is 5.80. The quantitative estimate of drug-likeness (QED) is 0.779. The van der Waals surface area contributed by atoms with Crippen LogP contribution in [0.2, 0.25) is 0 Å². The number of allylic oxidation sites excluding steroid dienone is 1. The third kappa shape index (κ3) is 2.43. The molecule has 0 atom stereocenters. The van der Waals surface area contributed by atoms with E-state index < -0.39 is 0 Å². The molecule has 0 fully saturated rings. The van der Waals surface area contributed by atoms with Crippen LogP contribution in [-0.2, 0) is 6.42 Å². The van der Waals surface area contributed by atoms with Crippen molar-refractivity contribution >= 4 is 5.57 Å². The van der Waals surface area contributed by atoms with Crippen molar-refractivity contribution in [2.45, 2.75) is 27.2 Å². The Morgan fingerprint density at radius 1 is 1.26 bits per heavy atom. The minimum absolute atomic E-state index is 0.859. The van der Waals surface area contributed by atoms with E-state index in [0.717, 1.165) is 40.4 Å². The van der Waals surface area contributed by atoms with Crippen LogP contribution in [0.1, 0.15) is 30.9 Å². The normalized spacial score (nSPS) is 10.5. The molecule has 2 heteroatoms. The lowest BCUT2D eigenvalue weighted by Gasteiger charge is -2.05. The first-order chi connectivity index (χ1) is 9.08. The van der Waals surface area contributed by atoms with Crippen LogP contribution in [0.4, 0.5) is 0 Å². The Hall–Kier alpha value is -1.96. The van der Waals surface area contributed by atoms with E-state index >= 15 is 0 Å². The molecular weight excluding hydrogens is 236 g/mol. The highest BCUT2D eigenvalue weighted by Gasteiger charge is 2.17. The van der Waals surface area contributed by atoms with Crippen LogP contribution in [-0.4, -0.2) is 7.11 Å². The summed E-state index contributed by atoms with van der Waals surface area (Å²) >= 11 is 0. The SMILES string of the molecule is C=C(C)c1oc(CC)c(C)c1-c1ccc(OC)cc1. The largest absolute Gasteiger partial charge is 0.497 e. The van der Waals surface area contributed by atoms with Crippen molar-refractivity contribution in [2.24, 2.45) is 0 Å². The van der Waals surface area contributed by atoms with Crippen molar-refractivity contribution in [3.05, 3.63) is 47.9 Å². The third-order valence-corrected chi connectivity index (χ3v) is 3.33. The van der Waals surface area contributed by atoms with Gasteiger partial charge < -0.3 is 9.15 Å². The van der Waals surface area contributed by atoms with Gasteiger partial charge in [-0.3, -0.25) is 0 Å². The van der Waals surface area contributed by atoms with E-state index in [1.165, 1.54) is 5.56 Å². The van der Waals surface area contributed by atoms with Gasteiger partial charge in [-0.15, -0.1) is 0 Å². The zero-order valence-electron chi connectivity index (χ0n) is 12.0. The second-order valence-corrected chi connectivity index (χ2v) is 4.72. The van der Waals surface area contributed by atoms with Gasteiger partial charge >= 0.3 is 0 Å². The predicted molar refractivity (Wildman–Crippen MR) is 79.5 cm³/mol. The van der Waals surface area contributed by atoms with Gasteiger partial charge in [-0.2, -0.15) is 0 Å². The first-order valence-electron chi connectivity index (χ1n) is 6.51. The van der Waals surface area contributed by atoms with Gasteiger partial charge in [0.15, 0.2) is 0 Å². The lowest BCUT2D eigenvalue weighted by atomic mass is 9.98. The molecule has 0 unspecified atom stereocenters. The highest BCUT2D eigenvalue weighted by atomic mass is 16.5. The van der Waals surface area contributed by atoms with Gasteiger partial charge in [0.05, 0.1) is 7.11 Å². The molecule has 2 rings (SSSR count). The Balaban J connectivity index is 2.58. The molecule has 0 amide bonds. The summed E-state index contributed by atoms with van der Waals surface area (Å²) in [6.45, 7) is 10.2. The highest BCUT2D eigenvalue weighted by Crippen LogP contribution is 2.36. The summed E-state index contributed by atoms with van der Waals surface area (Å²) in [5.41, 5.74) is 4.44. The summed E-state index contributed by atoms with van der Waals surface area (Å²) in [6, 6.07) is 8.05. The van der Waals surface area contributed by atoms with Gasteiger partial charge in [-0.1, -0.05) is 25.6 Å². The zero-order chi connectivity index (χ0) is 14.0. The molecular formula is C17H20O2. The molecule has 2 aromatic rings. The van der Waals surface area contributed by atoms with Gasteiger partial charge in [0.2, 0.25) is 0 Å². The topological polar surface area (TPSA) is 22.4 Å². The molecule has 0 bridgehead atoms. The Kier molecular flexibility index (Phi) is 3.79. The first kappa shape index (κ1) is 13.5. The summed E-state index contributed by atoms with van der Waals surface area (Å²) in [4.78, 5) is 0. The molecule has 0 aliphatic rings. The van der Waals surface area contributed by atoms with Crippen molar-refractivity contribution in [1.29, 1.82) is 0 Å². The minimum atomic E-state index is 0.859. The summed E-state index contributed by atoms with van der Waals surface area (Å²) < 4.78 is 11.1. The van der Waals surface area contributed by atoms with Crippen LogP contribution < -0.4 is 4.74 Å². The van der Waals surface area contributed by atoms with Crippen LogP contribution in [0.15, 0.2) is 35.3 Å². The van der Waals surface area contributed by atoms with E-state index in [-0.39, 0.29) is 0 Å². The van der Waals surface area contributed by atoms with Gasteiger partial charge in [0, 0.05) is 12.0 Å². The summed E-state index contributed by atoms with van der Waals surface area (Å²) in [6.07, 6.45) is 0.891. The molecule has 2 nitrogen and oxygen atoms in total. The fourth-order valence-corrected chi connectivity index (χ4v) is 2.30. The van der Waals surface area contributed by atoms with Crippen LogP contribution >= 0.6 is 0 Å². The molecule has 0 aliphatic carbocycles. The Morgan fingerprint density at radius 3 is 2.37 bits per heavy atom. The number of methoxy groups -OCH3 is 1. The fraction of sp³-hybridized carbons (Fsp3) is 0.294. The van der Waals surface area contributed by atoms with Crippen LogP contribution in [0.3, 0.4) is 0 Å². The fourth-order valence-electron chi connectivity index (χ4n) is 2.30. The maximum absolute atomic E-state index is 5.94. The van der Waals surface area contributed by atoms with Crippen molar-refractivity contribution < 1.29 is 9.15 Å². The van der Waals surface area contributed by atoms with Crippen molar-refractivity contribution in [3.8, 4) is 16.9 Å². The van der Waals surface area contributed by atoms with E-state index in [4.69, 9.17) is 9.15 Å². The molecule has 0 radical (unpaired) electrons. The minimum Gasteiger partial charge on any atom is -0.497 e. The van der Waals surface area contributed by atoms with Crippen LogP contribution in [0, 0.1) is 6.92 Å². The van der Waals surface area contributed by atoms with Crippen LogP contribution in [0.25, 0.3) is 16.7 Å². The molecule has 19 heavy (non-hydrogen) atoms. The van der Waals surface area contributed by atoms with Gasteiger partial charge in [-0.05, 0) is 42.7 Å². The molecule has 1 heterocycles. The number of hydrogen-bond donors (Lipinski definition) is 0. The van der Waals surface area contributed by atoms with Crippen molar-refractivity contribution in [1.82, 2.24) is 0 Å². The first-order valence-corrected chi connectivity index (χ1v) is 6.51. The monoisotopic (exact) mass is 256 g/mol. The van der Waals surface area contributed by atoms with Crippen molar-refractivity contribution in [2.75, 3.05) is 7.11 Å². The third-order valence-electron chi connectivity index (χ3n) is 3.33. The standard InChI is InChI=1S/C17H20O2/c1-6-15-12(4)16(17(19-15)11(2)3)13-7-9-14(18-5)10-8-13/h7-10H,2,6H2,1,3-5H3. The Bertz CT molecular complexity index is 588. The molecule has 100 valence electrons. The average Bonchev–Trinajstić information content (AvgIpc) is 2.76. The Labute approximate surface area is 114 Å². The van der Waals surface area contributed by atoms with Gasteiger partial charge in [0.25, 0.3) is 0 Å². The lowest BCUT2D eigenvalue weighted by Crippen LogP contribution is -1.86. The van der Waals surface area contributed by atoms with E-state index in [0.29, 0.717) is 0 Å². The van der Waals surface area contributed by atoms with E-state index in [1.807, 2.05) is 19.1 Å². The lowest BCUT2D eigenvalue weighted by molar-refractivity contribution is 0.415. The number of hydrogen-bond acceptors (Lipinski definition) is 2. The maximum atomic E-state index is 5.94. The molecule has 1 aromatic carbocycles. The number of benzene rings is 1. The van der Waals surface area contributed by atoms with Crippen LogP contribution in [0.5, 0.6) is 5.75 Å². The smallest absolute Gasteiger partial charge is 0.137 e. The molecule has 0 aliphatic heterocycles. The van der Waals surface area contributed by atoms with Crippen molar-refractivity contribution in [3.63, 3.8) is 0 Å². The molecule has 1 aromatic heterocycles. The van der Waals surface area contributed by atoms with E-state index in [2.05, 4.69) is 32.6 Å². The number of aryl methyl sites for hydroxylation is 1. The van der Waals surface area contributed by atoms with E-state index in [9.17, 15) is 0 Å². The maximum Gasteiger partial charge on any atom is 0.137 e. The van der Waals surface area contributed by atoms with Gasteiger partial charge in [0.1, 0.15) is 17.3 Å². The summed E-state index contributed by atoms with van der Waals surface area (Å²) in [7, 11) is 1.67. The second kappa shape index (κ2) is 5.35. The summed E-state index contributed by atoms with van der Waals surface area (Å²) in [5, 5.41) is 0. The molecule has 0 saturated carbocycles. The number of rotatable bonds is 4.